The van der Waals surface area contributed by atoms with Crippen LogP contribution in [0.15, 0.2) is 48.5 Å². The number of nitrogens with two attached hydrogens (primary N) is 1. The summed E-state index contributed by atoms with van der Waals surface area (Å²) in [6, 6.07) is 13.2. The average Bonchev–Trinajstić information content (AvgIpc) is 2.34. The van der Waals surface area contributed by atoms with Crippen molar-refractivity contribution in [2.24, 2.45) is 0 Å². The van der Waals surface area contributed by atoms with E-state index in [-0.39, 0.29) is 11.3 Å². The molecule has 0 fully saturated rings. The third-order valence-electron chi connectivity index (χ3n) is 2.30. The summed E-state index contributed by atoms with van der Waals surface area (Å²) in [7, 11) is 0. The zero-order valence-corrected chi connectivity index (χ0v) is 8.98. The van der Waals surface area contributed by atoms with Crippen LogP contribution in [0.2, 0.25) is 0 Å². The van der Waals surface area contributed by atoms with Gasteiger partial charge in [-0.3, -0.25) is 4.79 Å². The van der Waals surface area contributed by atoms with E-state index in [9.17, 15) is 9.18 Å². The molecule has 0 saturated heterocycles. The number of hydrogen-bond acceptors (Lipinski definition) is 2. The normalized spacial score (nSPS) is 9.94. The summed E-state index contributed by atoms with van der Waals surface area (Å²) in [6.07, 6.45) is 0. The van der Waals surface area contributed by atoms with Crippen molar-refractivity contribution in [2.45, 2.75) is 0 Å². The Morgan fingerprint density at radius 3 is 2.47 bits per heavy atom. The molecule has 0 bridgehead atoms. The number of anilines is 2. The summed E-state index contributed by atoms with van der Waals surface area (Å²) < 4.78 is 13.6. The van der Waals surface area contributed by atoms with Gasteiger partial charge in [-0.05, 0) is 24.3 Å². The molecule has 0 radical (unpaired) electrons. The van der Waals surface area contributed by atoms with Crippen LogP contribution < -0.4 is 11.1 Å². The maximum Gasteiger partial charge on any atom is 0.258 e. The SMILES string of the molecule is Nc1cccc(C(=O)Nc2ccccc2)c1F. The van der Waals surface area contributed by atoms with Gasteiger partial charge in [0.2, 0.25) is 0 Å². The Bertz CT molecular complexity index is 540. The van der Waals surface area contributed by atoms with E-state index in [4.69, 9.17) is 5.73 Å². The van der Waals surface area contributed by atoms with Gasteiger partial charge in [0.05, 0.1) is 11.3 Å². The summed E-state index contributed by atoms with van der Waals surface area (Å²) in [5, 5.41) is 2.59. The van der Waals surface area contributed by atoms with Gasteiger partial charge in [-0.1, -0.05) is 24.3 Å². The fourth-order valence-electron chi connectivity index (χ4n) is 1.45. The predicted molar refractivity (Wildman–Crippen MR) is 65.2 cm³/mol. The number of halogens is 1. The van der Waals surface area contributed by atoms with Crippen molar-refractivity contribution in [3.8, 4) is 0 Å². The molecule has 3 nitrogen and oxygen atoms in total. The van der Waals surface area contributed by atoms with E-state index in [1.54, 1.807) is 30.3 Å². The smallest absolute Gasteiger partial charge is 0.258 e. The summed E-state index contributed by atoms with van der Waals surface area (Å²) in [5.74, 6) is -1.21. The van der Waals surface area contributed by atoms with Crippen LogP contribution in [0.5, 0.6) is 0 Å². The Hall–Kier alpha value is -2.36. The number of hydrogen-bond donors (Lipinski definition) is 2. The van der Waals surface area contributed by atoms with Gasteiger partial charge in [0.25, 0.3) is 5.91 Å². The number of nitrogen functional groups attached to an aromatic ring is 1. The van der Waals surface area contributed by atoms with E-state index in [2.05, 4.69) is 5.32 Å². The highest BCUT2D eigenvalue weighted by Gasteiger charge is 2.13. The van der Waals surface area contributed by atoms with Crippen molar-refractivity contribution in [1.29, 1.82) is 0 Å². The van der Waals surface area contributed by atoms with Gasteiger partial charge in [0, 0.05) is 5.69 Å². The number of carbonyl (C=O) groups is 1. The summed E-state index contributed by atoms with van der Waals surface area (Å²) in [4.78, 5) is 11.8. The lowest BCUT2D eigenvalue weighted by Crippen LogP contribution is -2.14. The number of amides is 1. The molecular weight excluding hydrogens is 219 g/mol. The molecule has 17 heavy (non-hydrogen) atoms. The fraction of sp³-hybridized carbons (Fsp3) is 0. The van der Waals surface area contributed by atoms with E-state index < -0.39 is 11.7 Å². The number of carbonyl (C=O) groups excluding carboxylic acids is 1. The zero-order chi connectivity index (χ0) is 12.3. The Labute approximate surface area is 98.1 Å². The van der Waals surface area contributed by atoms with E-state index >= 15 is 0 Å². The molecule has 0 unspecified atom stereocenters. The minimum atomic E-state index is -0.694. The predicted octanol–water partition coefficient (Wildman–Crippen LogP) is 2.66. The number of rotatable bonds is 2. The van der Waals surface area contributed by atoms with Crippen molar-refractivity contribution >= 4 is 17.3 Å². The van der Waals surface area contributed by atoms with E-state index in [0.29, 0.717) is 5.69 Å². The third-order valence-corrected chi connectivity index (χ3v) is 2.30. The van der Waals surface area contributed by atoms with E-state index in [1.165, 1.54) is 12.1 Å². The Morgan fingerprint density at radius 2 is 1.76 bits per heavy atom. The number of nitrogens with one attached hydrogen (secondary N) is 1. The molecule has 86 valence electrons. The van der Waals surface area contributed by atoms with Crippen LogP contribution in [-0.2, 0) is 0 Å². The maximum atomic E-state index is 13.6. The fourth-order valence-corrected chi connectivity index (χ4v) is 1.45. The highest BCUT2D eigenvalue weighted by Crippen LogP contribution is 2.16. The first-order valence-electron chi connectivity index (χ1n) is 5.09. The van der Waals surface area contributed by atoms with Gasteiger partial charge in [-0.25, -0.2) is 4.39 Å². The van der Waals surface area contributed by atoms with Crippen LogP contribution in [-0.4, -0.2) is 5.91 Å². The average molecular weight is 230 g/mol. The molecule has 0 aliphatic carbocycles. The molecule has 0 heterocycles. The lowest BCUT2D eigenvalue weighted by Gasteiger charge is -2.06. The molecule has 0 saturated carbocycles. The number of benzene rings is 2. The molecule has 0 aromatic heterocycles. The highest BCUT2D eigenvalue weighted by molar-refractivity contribution is 6.04. The quantitative estimate of drug-likeness (QED) is 0.779. The first kappa shape index (κ1) is 11.1. The van der Waals surface area contributed by atoms with Crippen molar-refractivity contribution < 1.29 is 9.18 Å². The van der Waals surface area contributed by atoms with Gasteiger partial charge >= 0.3 is 0 Å². The van der Waals surface area contributed by atoms with Gasteiger partial charge in [-0.2, -0.15) is 0 Å². The molecule has 0 aliphatic rings. The zero-order valence-electron chi connectivity index (χ0n) is 8.98. The molecule has 2 aromatic rings. The molecule has 0 spiro atoms. The molecular formula is C13H11FN2O. The summed E-state index contributed by atoms with van der Waals surface area (Å²) in [5.41, 5.74) is 5.91. The van der Waals surface area contributed by atoms with Crippen molar-refractivity contribution in [2.75, 3.05) is 11.1 Å². The molecule has 4 heteroatoms. The highest BCUT2D eigenvalue weighted by atomic mass is 19.1. The molecule has 3 N–H and O–H groups in total. The van der Waals surface area contributed by atoms with Crippen molar-refractivity contribution in [3.05, 3.63) is 59.9 Å². The first-order chi connectivity index (χ1) is 8.18. The van der Waals surface area contributed by atoms with Gasteiger partial charge in [0.15, 0.2) is 5.82 Å². The Morgan fingerprint density at radius 1 is 1.06 bits per heavy atom. The van der Waals surface area contributed by atoms with E-state index in [0.717, 1.165) is 0 Å². The Balaban J connectivity index is 2.24. The minimum Gasteiger partial charge on any atom is -0.396 e. The molecule has 0 atom stereocenters. The topological polar surface area (TPSA) is 55.1 Å². The van der Waals surface area contributed by atoms with Gasteiger partial charge < -0.3 is 11.1 Å². The van der Waals surface area contributed by atoms with Crippen LogP contribution in [0.1, 0.15) is 10.4 Å². The summed E-state index contributed by atoms with van der Waals surface area (Å²) >= 11 is 0. The van der Waals surface area contributed by atoms with Crippen molar-refractivity contribution in [3.63, 3.8) is 0 Å². The molecule has 1 amide bonds. The lowest BCUT2D eigenvalue weighted by atomic mass is 10.1. The monoisotopic (exact) mass is 230 g/mol. The summed E-state index contributed by atoms with van der Waals surface area (Å²) in [6.45, 7) is 0. The van der Waals surface area contributed by atoms with Crippen molar-refractivity contribution in [1.82, 2.24) is 0 Å². The van der Waals surface area contributed by atoms with Crippen LogP contribution in [0, 0.1) is 5.82 Å². The molecule has 0 aliphatic heterocycles. The minimum absolute atomic E-state index is 0.0364. The van der Waals surface area contributed by atoms with Crippen LogP contribution in [0.25, 0.3) is 0 Å². The van der Waals surface area contributed by atoms with Crippen LogP contribution in [0.4, 0.5) is 15.8 Å². The number of para-hydroxylation sites is 1. The second-order valence-corrected chi connectivity index (χ2v) is 3.53. The largest absolute Gasteiger partial charge is 0.396 e. The van der Waals surface area contributed by atoms with Crippen LogP contribution >= 0.6 is 0 Å². The standard InChI is InChI=1S/C13H11FN2O/c14-12-10(7-4-8-11(12)15)13(17)16-9-5-2-1-3-6-9/h1-8H,15H2,(H,16,17). The third kappa shape index (κ3) is 2.42. The van der Waals surface area contributed by atoms with Gasteiger partial charge in [-0.15, -0.1) is 0 Å². The Kier molecular flexibility index (Phi) is 3.05. The van der Waals surface area contributed by atoms with E-state index in [1.807, 2.05) is 6.07 Å². The second-order valence-electron chi connectivity index (χ2n) is 3.53. The molecule has 2 rings (SSSR count). The first-order valence-corrected chi connectivity index (χ1v) is 5.09. The van der Waals surface area contributed by atoms with Crippen LogP contribution in [0.3, 0.4) is 0 Å². The van der Waals surface area contributed by atoms with Gasteiger partial charge in [0.1, 0.15) is 0 Å². The lowest BCUT2D eigenvalue weighted by molar-refractivity contribution is 0.102. The maximum absolute atomic E-state index is 13.6. The second kappa shape index (κ2) is 4.65. The molecule has 2 aromatic carbocycles.